The molecule has 0 atom stereocenters. The zero-order valence-corrected chi connectivity index (χ0v) is 94.0. The molecule has 9 heterocycles. The first-order valence-corrected chi connectivity index (χ1v) is 47.2. The van der Waals surface area contributed by atoms with E-state index in [1.807, 2.05) is 118 Å². The van der Waals surface area contributed by atoms with Gasteiger partial charge in [-0.2, -0.15) is 0 Å². The summed E-state index contributed by atoms with van der Waals surface area (Å²) in [5, 5.41) is 0. The van der Waals surface area contributed by atoms with E-state index in [1.165, 1.54) is 28.2 Å². The van der Waals surface area contributed by atoms with Gasteiger partial charge in [0.15, 0.2) is 23.0 Å². The number of aromatic nitrogens is 1. The molecule has 6 aliphatic heterocycles. The summed E-state index contributed by atoms with van der Waals surface area (Å²) < 4.78 is 103. The molecule has 129 heavy (non-hydrogen) atoms. The molecule has 1 N–H and O–H groups in total. The van der Waals surface area contributed by atoms with Crippen LogP contribution < -0.4 is 11.6 Å². The van der Waals surface area contributed by atoms with E-state index in [0.717, 1.165) is 77.6 Å². The fraction of sp³-hybridized carbons (Fsp3) is 0.800. The topological polar surface area (TPSA) is 195 Å². The quantitative estimate of drug-likeness (QED) is 0.223. The second-order valence-electron chi connectivity index (χ2n) is 56.6. The van der Waals surface area contributed by atoms with E-state index in [1.54, 1.807) is 6.26 Å². The van der Waals surface area contributed by atoms with E-state index in [4.69, 9.17) is 55.6 Å². The van der Waals surface area contributed by atoms with Crippen LogP contribution in [0, 0.1) is 70.4 Å². The fourth-order valence-electron chi connectivity index (χ4n) is 15.0. The summed E-state index contributed by atoms with van der Waals surface area (Å²) in [4.78, 5) is 25.0. The van der Waals surface area contributed by atoms with Gasteiger partial charge in [0.05, 0.1) is 18.6 Å². The number of allylic oxidation sites excluding steroid dienone is 10. The molecule has 0 unspecified atom stereocenters. The van der Waals surface area contributed by atoms with Crippen molar-refractivity contribution in [1.82, 2.24) is 4.98 Å². The Kier molecular flexibility index (Phi) is 35.7. The molecule has 0 bridgehead atoms. The Morgan fingerprint density at radius 1 is 0.302 bits per heavy atom. The summed E-state index contributed by atoms with van der Waals surface area (Å²) in [6, 6.07) is 2.08. The number of H-pyrrole nitrogens is 1. The zero-order valence-electron chi connectivity index (χ0n) is 94.0. The van der Waals surface area contributed by atoms with Gasteiger partial charge in [-0.25, -0.2) is 9.59 Å². The Balaban J connectivity index is 0.000000492. The lowest BCUT2D eigenvalue weighted by Gasteiger charge is -2.33. The van der Waals surface area contributed by atoms with Crippen LogP contribution in [0.1, 0.15) is 469 Å². The van der Waals surface area contributed by atoms with Gasteiger partial charge in [-0.1, -0.05) is 388 Å². The third-order valence-electron chi connectivity index (χ3n) is 21.0. The Hall–Kier alpha value is -6.40. The van der Waals surface area contributed by atoms with Crippen molar-refractivity contribution < 1.29 is 73.8 Å². The van der Waals surface area contributed by atoms with Crippen molar-refractivity contribution in [1.29, 1.82) is 0 Å². The molecule has 0 saturated heterocycles. The lowest BCUT2D eigenvalue weighted by atomic mass is 9.69. The monoisotopic (exact) mass is 1820 g/mol. The van der Waals surface area contributed by atoms with E-state index in [0.29, 0.717) is 18.3 Å². The minimum absolute atomic E-state index is 0.00359. The summed E-state index contributed by atoms with van der Waals surface area (Å²) in [6.07, 6.45) is 1.40. The number of furan rings is 1. The average molecular weight is 1820 g/mol. The summed E-state index contributed by atoms with van der Waals surface area (Å²) in [5.74, 6) is 10.4. The Morgan fingerprint density at radius 2 is 0.612 bits per heavy atom. The zero-order chi connectivity index (χ0) is 103. The van der Waals surface area contributed by atoms with E-state index in [-0.39, 0.29) is 121 Å². The molecular formula is C110H193F2NO16. The van der Waals surface area contributed by atoms with Crippen LogP contribution in [0.15, 0.2) is 108 Å². The molecule has 19 heteroatoms. The SMILES string of the molecule is CC(C)(C)C1=C(C(C)(C)C)C(C)(C)CO1.CC(C)(C)C1=C(C(C)(C)C)OC(F)(F)O1.CC(C)(C)C1=C(C(C)(C)C)OC2(CC2)O1.CC(C)(C)C1=C(C(C)(C)C)OCO1.CC(C)(C)c1[nH]c(=O)oc1C(C)(C)C.CC(C)(C)c1ccoc1C(C)(C)C.CC(C)(C)c1oc(=O)oc1C(C)(C)C.CC1(C)CC(C(C)(C)C)=C(C(C)(C)C)O1.CC1(C)OC(C(C)(C)C)=C(C(C)(C)C)O1. The number of halogens is 2. The predicted octanol–water partition coefficient (Wildman–Crippen LogP) is 33.3. The van der Waals surface area contributed by atoms with Gasteiger partial charge in [0.2, 0.25) is 12.6 Å². The van der Waals surface area contributed by atoms with Crippen molar-refractivity contribution in [2.75, 3.05) is 13.4 Å². The van der Waals surface area contributed by atoms with E-state index in [2.05, 4.69) is 318 Å². The van der Waals surface area contributed by atoms with Crippen LogP contribution >= 0.6 is 0 Å². The normalized spacial score (nSPS) is 19.0. The van der Waals surface area contributed by atoms with Crippen LogP contribution in [0.4, 0.5) is 8.78 Å². The highest BCUT2D eigenvalue weighted by Gasteiger charge is 2.58. The van der Waals surface area contributed by atoms with Crippen molar-refractivity contribution in [3.05, 3.63) is 137 Å². The molecule has 0 aromatic carbocycles. The first-order chi connectivity index (χ1) is 56.1. The Labute approximate surface area is 785 Å². The molecule has 748 valence electrons. The predicted molar refractivity (Wildman–Crippen MR) is 527 cm³/mol. The van der Waals surface area contributed by atoms with Gasteiger partial charge in [-0.3, -0.25) is 4.98 Å². The number of alkyl halides is 2. The van der Waals surface area contributed by atoms with Crippen LogP contribution in [-0.2, 0) is 79.9 Å². The average Bonchev–Trinajstić information content (AvgIpc) is 1.57. The molecule has 3 aromatic heterocycles. The van der Waals surface area contributed by atoms with E-state index >= 15 is 0 Å². The highest BCUT2D eigenvalue weighted by molar-refractivity contribution is 5.33. The number of nitrogens with one attached hydrogen (secondary N) is 1. The molecule has 7 aliphatic rings. The number of aromatic amines is 1. The summed E-state index contributed by atoms with van der Waals surface area (Å²) in [5.41, 5.74) is 4.84. The highest BCUT2D eigenvalue weighted by atomic mass is 19.3. The van der Waals surface area contributed by atoms with Gasteiger partial charge in [0.25, 0.3) is 5.79 Å². The van der Waals surface area contributed by atoms with Crippen LogP contribution in [0.5, 0.6) is 0 Å². The molecule has 1 fully saturated rings. The van der Waals surface area contributed by atoms with Gasteiger partial charge in [0.1, 0.15) is 63.2 Å². The molecule has 0 amide bonds. The number of hydrogen-bond acceptors (Lipinski definition) is 16. The second-order valence-corrected chi connectivity index (χ2v) is 56.6. The number of ether oxygens (including phenoxy) is 10. The van der Waals surface area contributed by atoms with Crippen molar-refractivity contribution in [2.45, 2.75) is 491 Å². The van der Waals surface area contributed by atoms with Crippen LogP contribution in [-0.4, -0.2) is 41.9 Å². The summed E-state index contributed by atoms with van der Waals surface area (Å²) >= 11 is 0. The van der Waals surface area contributed by atoms with Crippen LogP contribution in [0.3, 0.4) is 0 Å². The molecule has 1 aliphatic carbocycles. The van der Waals surface area contributed by atoms with Crippen molar-refractivity contribution in [3.63, 3.8) is 0 Å². The molecule has 0 radical (unpaired) electrons. The van der Waals surface area contributed by atoms with Gasteiger partial charge < -0.3 is 65.0 Å². The van der Waals surface area contributed by atoms with Crippen molar-refractivity contribution >= 4 is 0 Å². The third kappa shape index (κ3) is 35.1. The minimum Gasteiger partial charge on any atom is -0.496 e. The highest BCUT2D eigenvalue weighted by Crippen LogP contribution is 2.58. The number of hydrogen-bond donors (Lipinski definition) is 1. The largest absolute Gasteiger partial charge is 0.585 e. The van der Waals surface area contributed by atoms with Crippen LogP contribution in [0.2, 0.25) is 0 Å². The molecule has 10 rings (SSSR count). The summed E-state index contributed by atoms with van der Waals surface area (Å²) in [6.45, 7) is 128. The lowest BCUT2D eigenvalue weighted by Crippen LogP contribution is -2.26. The molecule has 17 nitrogen and oxygen atoms in total. The van der Waals surface area contributed by atoms with E-state index < -0.39 is 28.7 Å². The fourth-order valence-corrected chi connectivity index (χ4v) is 15.0. The van der Waals surface area contributed by atoms with Gasteiger partial charge in [0, 0.05) is 120 Å². The Bertz CT molecular complexity index is 4000. The van der Waals surface area contributed by atoms with E-state index in [9.17, 15) is 18.4 Å². The smallest absolute Gasteiger partial charge is 0.496 e. The Morgan fingerprint density at radius 3 is 0.853 bits per heavy atom. The second kappa shape index (κ2) is 38.8. The molecule has 1 spiro atoms. The maximum Gasteiger partial charge on any atom is 0.585 e. The van der Waals surface area contributed by atoms with Gasteiger partial charge in [-0.15, -0.1) is 8.78 Å². The van der Waals surface area contributed by atoms with Crippen molar-refractivity contribution in [3.8, 4) is 0 Å². The first kappa shape index (κ1) is 119. The lowest BCUT2D eigenvalue weighted by molar-refractivity contribution is -0.342. The van der Waals surface area contributed by atoms with Gasteiger partial charge in [-0.05, 0) is 52.9 Å². The van der Waals surface area contributed by atoms with Gasteiger partial charge >= 0.3 is 17.9 Å². The minimum atomic E-state index is -3.52. The molecular weight excluding hydrogens is 1630 g/mol. The maximum atomic E-state index is 13.0. The van der Waals surface area contributed by atoms with Crippen LogP contribution in [0.25, 0.3) is 0 Å². The molecule has 3 aromatic rings. The standard InChI is InChI=1S/2C14H26O.C13H22O2.C13H24O2.C12H20O.C11H18F2O2.C11H19NO2.C11H18O3.C11H20O2/c1-12(2,3)10-11(13(4,5)6)15-9-14(10,7)8;1-12(2,3)10-9-14(7,8)15-11(10)13(4,5)6;1-11(2,3)9-10(12(4,5)6)15-13(14-9)7-8-13;1-11(2,3)9-10(12(4,5)6)15-13(7,8)14-9;1-11(2,3)9-7-8-13-10(9)12(4,5)6;1-9(2,3)7-8(10(4,5)6)15-11(12,13)14-7;1-10(2,3)7-8(11(4,5)6)14-9(13)12-7;1-10(2,3)7-8(11(4,5)6)14-9(12)13-7;1-10(2,3)8-9(11(4,5)6)13-7-12-8/h2*9H2,1-8H3;7-8H2,1-6H3;1-8H3;7-8H,1-6H3;1-6H3;1-6H3,(H,12,13);1-6H3;7H2,1-6H3. The summed E-state index contributed by atoms with van der Waals surface area (Å²) in [7, 11) is 0. The van der Waals surface area contributed by atoms with Crippen molar-refractivity contribution in [2.24, 2.45) is 70.4 Å². The first-order valence-electron chi connectivity index (χ1n) is 47.2. The third-order valence-corrected chi connectivity index (χ3v) is 21.0. The number of rotatable bonds is 0. The molecule has 1 saturated carbocycles. The number of oxazole rings is 1. The maximum absolute atomic E-state index is 13.0.